The molecule has 3 aliphatic rings. The van der Waals surface area contributed by atoms with Gasteiger partial charge in [-0.15, -0.1) is 0 Å². The first kappa shape index (κ1) is 26.3. The molecule has 0 saturated heterocycles. The fraction of sp³-hybridized carbons (Fsp3) is 1.00. The lowest BCUT2D eigenvalue weighted by Crippen LogP contribution is -2.57. The molecule has 3 fully saturated rings. The molecule has 0 unspecified atom stereocenters. The van der Waals surface area contributed by atoms with E-state index in [0.29, 0.717) is 30.1 Å². The summed E-state index contributed by atoms with van der Waals surface area (Å²) in [6.07, 6.45) is 2.66. The van der Waals surface area contributed by atoms with Crippen molar-refractivity contribution >= 4 is 0 Å². The van der Waals surface area contributed by atoms with Gasteiger partial charge in [-0.05, 0) is 91.3 Å². The molecule has 0 spiro atoms. The molecule has 2 N–H and O–H groups in total. The highest BCUT2D eigenvalue weighted by atomic mass is 19.4. The van der Waals surface area contributed by atoms with Gasteiger partial charge in [0.1, 0.15) is 0 Å². The molecule has 3 aliphatic carbocycles. The molecule has 32 heavy (non-hydrogen) atoms. The van der Waals surface area contributed by atoms with E-state index in [1.54, 1.807) is 0 Å². The molecule has 0 aromatic carbocycles. The highest BCUT2D eigenvalue weighted by molar-refractivity contribution is 5.06. The largest absolute Gasteiger partial charge is 0.417 e. The van der Waals surface area contributed by atoms with Gasteiger partial charge in [0.2, 0.25) is 0 Å². The number of hydrogen-bond acceptors (Lipinski definition) is 2. The van der Waals surface area contributed by atoms with Gasteiger partial charge < -0.3 is 10.2 Å². The first-order chi connectivity index (χ1) is 14.6. The molecule has 2 nitrogen and oxygen atoms in total. The Morgan fingerprint density at radius 2 is 1.59 bits per heavy atom. The molecule has 3 rings (SSSR count). The number of aliphatic hydroxyl groups is 2. The Morgan fingerprint density at radius 3 is 2.19 bits per heavy atom. The van der Waals surface area contributed by atoms with E-state index in [-0.39, 0.29) is 41.6 Å². The predicted octanol–water partition coefficient (Wildman–Crippen LogP) is 7.37. The second-order valence-electron chi connectivity index (χ2n) is 13.2. The third kappa shape index (κ3) is 4.90. The summed E-state index contributed by atoms with van der Waals surface area (Å²) >= 11 is 0. The predicted molar refractivity (Wildman–Crippen MR) is 123 cm³/mol. The summed E-state index contributed by atoms with van der Waals surface area (Å²) < 4.78 is 40.7. The van der Waals surface area contributed by atoms with Crippen molar-refractivity contribution in [2.75, 3.05) is 0 Å². The topological polar surface area (TPSA) is 40.5 Å². The zero-order valence-electron chi connectivity index (χ0n) is 21.1. The van der Waals surface area contributed by atoms with Gasteiger partial charge >= 0.3 is 6.18 Å². The summed E-state index contributed by atoms with van der Waals surface area (Å²) in [6, 6.07) is 0. The number of aliphatic hydroxyl groups excluding tert-OH is 1. The van der Waals surface area contributed by atoms with Crippen molar-refractivity contribution in [2.24, 2.45) is 46.3 Å². The quantitative estimate of drug-likeness (QED) is 0.451. The molecular weight excluding hydrogens is 413 g/mol. The van der Waals surface area contributed by atoms with Crippen molar-refractivity contribution in [3.63, 3.8) is 0 Å². The standard InChI is InChI=1S/C27H47F3O2/c1-17-10-11-19(18(2)23(31)24(3,4)5)8-7-9-22-21(17)13-12-20-16-26(32,27(28,29)30)15-14-25(20,22)6/h17-23,31-32H,7-16H2,1-6H3/t17-,18-,19+,20+,21-,22-,23-,25-,26+/m0/s1. The van der Waals surface area contributed by atoms with Gasteiger partial charge in [0, 0.05) is 0 Å². The van der Waals surface area contributed by atoms with E-state index < -0.39 is 11.8 Å². The van der Waals surface area contributed by atoms with Crippen molar-refractivity contribution in [1.82, 2.24) is 0 Å². The van der Waals surface area contributed by atoms with E-state index in [9.17, 15) is 23.4 Å². The van der Waals surface area contributed by atoms with Gasteiger partial charge in [0.15, 0.2) is 5.60 Å². The third-order valence-corrected chi connectivity index (χ3v) is 10.3. The van der Waals surface area contributed by atoms with E-state index in [4.69, 9.17) is 0 Å². The summed E-state index contributed by atoms with van der Waals surface area (Å²) in [5, 5.41) is 21.3. The maximum atomic E-state index is 13.6. The zero-order valence-corrected chi connectivity index (χ0v) is 21.1. The minimum Gasteiger partial charge on any atom is -0.392 e. The van der Waals surface area contributed by atoms with Crippen LogP contribution >= 0.6 is 0 Å². The molecule has 9 atom stereocenters. The molecule has 0 radical (unpaired) electrons. The van der Waals surface area contributed by atoms with Gasteiger partial charge in [0.25, 0.3) is 0 Å². The average Bonchev–Trinajstić information content (AvgIpc) is 2.76. The Morgan fingerprint density at radius 1 is 0.938 bits per heavy atom. The Kier molecular flexibility index (Phi) is 7.45. The van der Waals surface area contributed by atoms with Crippen LogP contribution in [0, 0.1) is 46.3 Å². The van der Waals surface area contributed by atoms with Gasteiger partial charge in [-0.3, -0.25) is 0 Å². The van der Waals surface area contributed by atoms with Crippen LogP contribution in [0.3, 0.4) is 0 Å². The fourth-order valence-electron chi connectivity index (χ4n) is 7.92. The molecular formula is C27H47F3O2. The number of halogens is 3. The zero-order chi connectivity index (χ0) is 24.1. The Hall–Kier alpha value is -0.290. The maximum Gasteiger partial charge on any atom is 0.417 e. The average molecular weight is 461 g/mol. The SMILES string of the molecule is C[C@@H]([C@@H]1CCC[C@H]2[C@@H](CC[C@@H]3C[C@@](O)(C(F)(F)F)CC[C@@]32C)[C@@H](C)CC1)[C@H](O)C(C)(C)C. The smallest absolute Gasteiger partial charge is 0.392 e. The first-order valence-corrected chi connectivity index (χ1v) is 13.1. The molecule has 3 saturated carbocycles. The highest BCUT2D eigenvalue weighted by Gasteiger charge is 2.62. The number of hydrogen-bond donors (Lipinski definition) is 2. The lowest BCUT2D eigenvalue weighted by Gasteiger charge is -2.58. The minimum absolute atomic E-state index is 0.0467. The summed E-state index contributed by atoms with van der Waals surface area (Å²) in [5.74, 6) is 2.26. The van der Waals surface area contributed by atoms with Crippen LogP contribution in [0.5, 0.6) is 0 Å². The lowest BCUT2D eigenvalue weighted by molar-refractivity contribution is -0.288. The fourth-order valence-corrected chi connectivity index (χ4v) is 7.92. The van der Waals surface area contributed by atoms with E-state index in [0.717, 1.165) is 44.9 Å². The van der Waals surface area contributed by atoms with Crippen molar-refractivity contribution in [3.8, 4) is 0 Å². The van der Waals surface area contributed by atoms with Crippen LogP contribution in [0.25, 0.3) is 0 Å². The molecule has 0 aliphatic heterocycles. The van der Waals surface area contributed by atoms with Gasteiger partial charge in [0.05, 0.1) is 6.10 Å². The Labute approximate surface area is 193 Å². The molecule has 188 valence electrons. The third-order valence-electron chi connectivity index (χ3n) is 10.3. The van der Waals surface area contributed by atoms with Crippen LogP contribution in [0.2, 0.25) is 0 Å². The molecule has 0 bridgehead atoms. The van der Waals surface area contributed by atoms with Crippen LogP contribution in [-0.2, 0) is 0 Å². The van der Waals surface area contributed by atoms with Gasteiger partial charge in [-0.25, -0.2) is 0 Å². The number of alkyl halides is 3. The van der Waals surface area contributed by atoms with Crippen LogP contribution in [0.4, 0.5) is 13.2 Å². The highest BCUT2D eigenvalue weighted by Crippen LogP contribution is 2.62. The van der Waals surface area contributed by atoms with Crippen molar-refractivity contribution in [2.45, 2.75) is 124 Å². The summed E-state index contributed by atoms with van der Waals surface area (Å²) in [5.41, 5.74) is -2.74. The van der Waals surface area contributed by atoms with E-state index >= 15 is 0 Å². The monoisotopic (exact) mass is 460 g/mol. The Balaban J connectivity index is 1.77. The maximum absolute atomic E-state index is 13.6. The van der Waals surface area contributed by atoms with Crippen LogP contribution in [0.15, 0.2) is 0 Å². The Bertz CT molecular complexity index is 642. The second-order valence-corrected chi connectivity index (χ2v) is 13.2. The van der Waals surface area contributed by atoms with E-state index in [1.807, 2.05) is 0 Å². The molecule has 0 amide bonds. The minimum atomic E-state index is -4.53. The molecule has 0 heterocycles. The molecule has 0 aromatic rings. The number of rotatable bonds is 2. The van der Waals surface area contributed by atoms with Crippen LogP contribution in [0.1, 0.15) is 106 Å². The molecule has 0 aromatic heterocycles. The summed E-state index contributed by atoms with van der Waals surface area (Å²) in [4.78, 5) is 0. The lowest BCUT2D eigenvalue weighted by atomic mass is 9.48. The van der Waals surface area contributed by atoms with E-state index in [1.165, 1.54) is 0 Å². The van der Waals surface area contributed by atoms with Crippen molar-refractivity contribution < 1.29 is 23.4 Å². The van der Waals surface area contributed by atoms with Crippen molar-refractivity contribution in [1.29, 1.82) is 0 Å². The van der Waals surface area contributed by atoms with Crippen LogP contribution < -0.4 is 0 Å². The van der Waals surface area contributed by atoms with Crippen molar-refractivity contribution in [3.05, 3.63) is 0 Å². The van der Waals surface area contributed by atoms with Gasteiger partial charge in [-0.2, -0.15) is 13.2 Å². The first-order valence-electron chi connectivity index (χ1n) is 13.1. The van der Waals surface area contributed by atoms with E-state index in [2.05, 4.69) is 41.5 Å². The summed E-state index contributed by atoms with van der Waals surface area (Å²) in [6.45, 7) is 13.1. The van der Waals surface area contributed by atoms with Crippen LogP contribution in [-0.4, -0.2) is 28.1 Å². The second kappa shape index (κ2) is 9.06. The number of fused-ring (bicyclic) bond motifs is 3. The normalized spacial score (nSPS) is 43.8. The molecule has 5 heteroatoms. The van der Waals surface area contributed by atoms with Gasteiger partial charge in [-0.1, -0.05) is 60.8 Å². The summed E-state index contributed by atoms with van der Waals surface area (Å²) in [7, 11) is 0.